The molecule has 1 nitrogen and oxygen atoms in total. The summed E-state index contributed by atoms with van der Waals surface area (Å²) < 4.78 is 0. The van der Waals surface area contributed by atoms with E-state index in [1.807, 2.05) is 19.9 Å². The molecule has 8 heavy (non-hydrogen) atoms. The molecule has 0 rings (SSSR count). The van der Waals surface area contributed by atoms with Gasteiger partial charge in [0.1, 0.15) is 0 Å². The van der Waals surface area contributed by atoms with Gasteiger partial charge in [0.2, 0.25) is 0 Å². The fourth-order valence-electron chi connectivity index (χ4n) is 0.214. The van der Waals surface area contributed by atoms with Gasteiger partial charge < -0.3 is 0 Å². The quantitative estimate of drug-likeness (QED) is 0.360. The Bertz CT molecular complexity index is 151. The molecular weight excluding hydrogens is 98.1 g/mol. The maximum atomic E-state index is 4.90. The molecule has 0 atom stereocenters. The van der Waals surface area contributed by atoms with Crippen molar-refractivity contribution in [2.75, 3.05) is 0 Å². The van der Waals surface area contributed by atoms with Crippen LogP contribution < -0.4 is 0 Å². The number of aliphatic imine (C=N–C) groups is 1. The van der Waals surface area contributed by atoms with E-state index in [4.69, 9.17) is 6.42 Å². The monoisotopic (exact) mass is 109 g/mol. The van der Waals surface area contributed by atoms with Gasteiger partial charge in [0, 0.05) is 7.12 Å². The Labute approximate surface area is 51.6 Å². The van der Waals surface area contributed by atoms with Gasteiger partial charge in [-0.1, -0.05) is 12.0 Å². The molecule has 0 aliphatic rings. The Balaban J connectivity index is 0. The molecule has 0 saturated heterocycles. The minimum atomic E-state index is 0. The molecule has 0 aliphatic carbocycles. The summed E-state index contributed by atoms with van der Waals surface area (Å²) in [5.74, 6) is 2.30. The van der Waals surface area contributed by atoms with Gasteiger partial charge in [-0.2, -0.15) is 0 Å². The van der Waals surface area contributed by atoms with Crippen LogP contribution in [-0.2, 0) is 0 Å². The highest BCUT2D eigenvalue weighted by atomic mass is 14.7. The molecule has 0 fully saturated rings. The van der Waals surface area contributed by atoms with Gasteiger partial charge >= 0.3 is 0 Å². The van der Waals surface area contributed by atoms with Crippen molar-refractivity contribution in [3.05, 3.63) is 11.8 Å². The molecule has 0 spiro atoms. The van der Waals surface area contributed by atoms with E-state index in [9.17, 15) is 0 Å². The van der Waals surface area contributed by atoms with Crippen LogP contribution in [0.2, 0.25) is 0 Å². The van der Waals surface area contributed by atoms with Crippen LogP contribution in [0.3, 0.4) is 0 Å². The summed E-state index contributed by atoms with van der Waals surface area (Å²) in [6.45, 7) is 3.82. The van der Waals surface area contributed by atoms with Crippen molar-refractivity contribution in [1.82, 2.24) is 0 Å². The lowest BCUT2D eigenvalue weighted by molar-refractivity contribution is 1.30. The standard InChI is InChI=1S/C7H9N.H2/c1-4-6-8-7(3)5-2;/h1,5-6H,2-3H3;1H/b7-5-,8-6?;. The molecule has 0 aromatic rings. The summed E-state index contributed by atoms with van der Waals surface area (Å²) >= 11 is 0. The summed E-state index contributed by atoms with van der Waals surface area (Å²) in [6, 6.07) is 0. The van der Waals surface area contributed by atoms with E-state index in [1.165, 1.54) is 6.21 Å². The van der Waals surface area contributed by atoms with Crippen molar-refractivity contribution >= 4 is 6.21 Å². The fourth-order valence-corrected chi connectivity index (χ4v) is 0.214. The van der Waals surface area contributed by atoms with Crippen molar-refractivity contribution in [2.24, 2.45) is 4.99 Å². The third-order valence-electron chi connectivity index (χ3n) is 0.760. The highest BCUT2D eigenvalue weighted by Crippen LogP contribution is 1.89. The molecule has 0 bridgehead atoms. The summed E-state index contributed by atoms with van der Waals surface area (Å²) in [4.78, 5) is 3.86. The number of terminal acetylenes is 1. The SMILES string of the molecule is C#CC=N/C(C)=C\C.[HH]. The first-order valence-electron chi connectivity index (χ1n) is 2.43. The minimum Gasteiger partial charge on any atom is -0.253 e. The molecule has 1 heteroatoms. The van der Waals surface area contributed by atoms with E-state index in [0.717, 1.165) is 5.70 Å². The lowest BCUT2D eigenvalue weighted by atomic mass is 10.5. The van der Waals surface area contributed by atoms with E-state index in [2.05, 4.69) is 10.9 Å². The van der Waals surface area contributed by atoms with Crippen LogP contribution in [0.5, 0.6) is 0 Å². The molecule has 0 aliphatic heterocycles. The van der Waals surface area contributed by atoms with Crippen LogP contribution in [0.15, 0.2) is 16.8 Å². The van der Waals surface area contributed by atoms with Crippen LogP contribution in [0.1, 0.15) is 15.3 Å². The highest BCUT2D eigenvalue weighted by Gasteiger charge is 1.71. The topological polar surface area (TPSA) is 12.4 Å². The first-order chi connectivity index (χ1) is 3.81. The predicted molar refractivity (Wildman–Crippen MR) is 38.9 cm³/mol. The zero-order valence-corrected chi connectivity index (χ0v) is 5.18. The Morgan fingerprint density at radius 3 is 2.88 bits per heavy atom. The molecule has 0 saturated carbocycles. The van der Waals surface area contributed by atoms with E-state index < -0.39 is 0 Å². The average Bonchev–Trinajstić information content (AvgIpc) is 1.83. The lowest BCUT2D eigenvalue weighted by Gasteiger charge is -1.81. The Morgan fingerprint density at radius 2 is 2.50 bits per heavy atom. The number of rotatable bonds is 1. The zero-order chi connectivity index (χ0) is 6.41. The molecule has 0 aromatic carbocycles. The second kappa shape index (κ2) is 4.14. The number of hydrogen-bond donors (Lipinski definition) is 0. The number of hydrogen-bond acceptors (Lipinski definition) is 1. The molecule has 44 valence electrons. The van der Waals surface area contributed by atoms with E-state index in [0.29, 0.717) is 0 Å². The van der Waals surface area contributed by atoms with Gasteiger partial charge in [-0.15, -0.1) is 6.42 Å². The van der Waals surface area contributed by atoms with Crippen LogP contribution in [0, 0.1) is 12.3 Å². The van der Waals surface area contributed by atoms with Crippen molar-refractivity contribution in [3.63, 3.8) is 0 Å². The first-order valence-corrected chi connectivity index (χ1v) is 2.43. The summed E-state index contributed by atoms with van der Waals surface area (Å²) in [6.07, 6.45) is 8.24. The first kappa shape index (κ1) is 6.97. The van der Waals surface area contributed by atoms with Crippen molar-refractivity contribution in [3.8, 4) is 12.3 Å². The van der Waals surface area contributed by atoms with E-state index in [1.54, 1.807) is 0 Å². The Kier molecular flexibility index (Phi) is 3.60. The largest absolute Gasteiger partial charge is 0.253 e. The molecule has 0 aromatic heterocycles. The number of allylic oxidation sites excluding steroid dienone is 2. The predicted octanol–water partition coefficient (Wildman–Crippen LogP) is 1.86. The van der Waals surface area contributed by atoms with Gasteiger partial charge in [-0.3, -0.25) is 4.99 Å². The maximum Gasteiger partial charge on any atom is 0.0766 e. The second-order valence-corrected chi connectivity index (χ2v) is 1.35. The van der Waals surface area contributed by atoms with Gasteiger partial charge in [0.25, 0.3) is 0 Å². The third kappa shape index (κ3) is 3.17. The lowest BCUT2D eigenvalue weighted by Crippen LogP contribution is -1.67. The van der Waals surface area contributed by atoms with Crippen molar-refractivity contribution < 1.29 is 1.43 Å². The normalized spacial score (nSPS) is 11.9. The van der Waals surface area contributed by atoms with Gasteiger partial charge in [-0.05, 0) is 13.8 Å². The Hall–Kier alpha value is -1.03. The van der Waals surface area contributed by atoms with Gasteiger partial charge in [0.05, 0.1) is 6.21 Å². The second-order valence-electron chi connectivity index (χ2n) is 1.35. The third-order valence-corrected chi connectivity index (χ3v) is 0.760. The smallest absolute Gasteiger partial charge is 0.0766 e. The minimum absolute atomic E-state index is 0. The van der Waals surface area contributed by atoms with Crippen molar-refractivity contribution in [1.29, 1.82) is 0 Å². The van der Waals surface area contributed by atoms with E-state index >= 15 is 0 Å². The Morgan fingerprint density at radius 1 is 1.88 bits per heavy atom. The summed E-state index contributed by atoms with van der Waals surface area (Å²) in [5, 5.41) is 0. The van der Waals surface area contributed by atoms with Crippen LogP contribution in [0.25, 0.3) is 0 Å². The number of nitrogens with zero attached hydrogens (tertiary/aromatic N) is 1. The van der Waals surface area contributed by atoms with Gasteiger partial charge in [-0.25, -0.2) is 0 Å². The molecular formula is C7H11N. The summed E-state index contributed by atoms with van der Waals surface area (Å²) in [7, 11) is 0. The van der Waals surface area contributed by atoms with Gasteiger partial charge in [0.15, 0.2) is 0 Å². The molecule has 0 amide bonds. The maximum absolute atomic E-state index is 4.90. The highest BCUT2D eigenvalue weighted by molar-refractivity contribution is 5.77. The van der Waals surface area contributed by atoms with E-state index in [-0.39, 0.29) is 1.43 Å². The van der Waals surface area contributed by atoms with Crippen LogP contribution in [0.4, 0.5) is 0 Å². The zero-order valence-electron chi connectivity index (χ0n) is 5.18. The summed E-state index contributed by atoms with van der Waals surface area (Å²) in [5.41, 5.74) is 0.947. The molecule has 0 N–H and O–H groups in total. The van der Waals surface area contributed by atoms with Crippen LogP contribution in [-0.4, -0.2) is 6.21 Å². The molecule has 0 unspecified atom stereocenters. The van der Waals surface area contributed by atoms with Crippen LogP contribution >= 0.6 is 0 Å². The average molecular weight is 109 g/mol. The molecule has 0 heterocycles. The molecule has 0 radical (unpaired) electrons. The van der Waals surface area contributed by atoms with Crippen molar-refractivity contribution in [2.45, 2.75) is 13.8 Å². The fraction of sp³-hybridized carbons (Fsp3) is 0.286.